The Hall–Kier alpha value is -1.06. The molecule has 2 rings (SSSR count). The summed E-state index contributed by atoms with van der Waals surface area (Å²) in [5.41, 5.74) is 7.00. The normalized spacial score (nSPS) is 19.2. The van der Waals surface area contributed by atoms with Gasteiger partial charge in [0.1, 0.15) is 5.75 Å². The fourth-order valence-electron chi connectivity index (χ4n) is 3.45. The minimum absolute atomic E-state index is 0.0273. The van der Waals surface area contributed by atoms with Crippen LogP contribution in [-0.2, 0) is 0 Å². The van der Waals surface area contributed by atoms with E-state index in [2.05, 4.69) is 0 Å². The summed E-state index contributed by atoms with van der Waals surface area (Å²) in [6, 6.07) is 7.90. The first-order valence-corrected chi connectivity index (χ1v) is 8.26. The minimum Gasteiger partial charge on any atom is -0.497 e. The summed E-state index contributed by atoms with van der Waals surface area (Å²) < 4.78 is 5.18. The predicted octanol–water partition coefficient (Wildman–Crippen LogP) is 3.46. The van der Waals surface area contributed by atoms with Gasteiger partial charge in [-0.1, -0.05) is 44.2 Å². The molecule has 1 fully saturated rings. The van der Waals surface area contributed by atoms with Gasteiger partial charge in [-0.25, -0.2) is 0 Å². The second-order valence-electron chi connectivity index (χ2n) is 6.26. The maximum absolute atomic E-state index is 10.5. The first-order valence-electron chi connectivity index (χ1n) is 8.26. The number of aliphatic hydroxyl groups is 1. The van der Waals surface area contributed by atoms with E-state index in [1.807, 2.05) is 24.3 Å². The molecule has 1 aliphatic carbocycles. The van der Waals surface area contributed by atoms with Gasteiger partial charge in [0.2, 0.25) is 0 Å². The van der Waals surface area contributed by atoms with E-state index in [0.29, 0.717) is 6.54 Å². The van der Waals surface area contributed by atoms with E-state index in [4.69, 9.17) is 10.5 Å². The van der Waals surface area contributed by atoms with Crippen LogP contribution in [0.2, 0.25) is 0 Å². The summed E-state index contributed by atoms with van der Waals surface area (Å²) in [6.07, 6.45) is 8.43. The predicted molar refractivity (Wildman–Crippen MR) is 86.6 cm³/mol. The van der Waals surface area contributed by atoms with Crippen LogP contribution in [0.25, 0.3) is 0 Å². The summed E-state index contributed by atoms with van der Waals surface area (Å²) in [5.74, 6) is 1.67. The molecule has 1 aliphatic rings. The maximum atomic E-state index is 10.5. The number of hydrogen-bond acceptors (Lipinski definition) is 3. The number of nitrogens with two attached hydrogens (primary N) is 1. The first-order chi connectivity index (χ1) is 10.2. The Kier molecular flexibility index (Phi) is 6.52. The highest BCUT2D eigenvalue weighted by Gasteiger charge is 2.22. The number of benzene rings is 1. The van der Waals surface area contributed by atoms with Crippen LogP contribution in [0.15, 0.2) is 24.3 Å². The molecule has 1 aromatic rings. The van der Waals surface area contributed by atoms with Crippen LogP contribution in [0.4, 0.5) is 0 Å². The summed E-state index contributed by atoms with van der Waals surface area (Å²) in [6.45, 7) is 0.484. The van der Waals surface area contributed by atoms with Gasteiger partial charge < -0.3 is 15.6 Å². The fourth-order valence-corrected chi connectivity index (χ4v) is 3.45. The van der Waals surface area contributed by atoms with Gasteiger partial charge in [0.15, 0.2) is 0 Å². The number of hydrogen-bond donors (Lipinski definition) is 2. The molecule has 0 saturated heterocycles. The van der Waals surface area contributed by atoms with Crippen LogP contribution in [0.1, 0.15) is 56.4 Å². The van der Waals surface area contributed by atoms with Crippen LogP contribution in [0.3, 0.4) is 0 Å². The Labute approximate surface area is 128 Å². The highest BCUT2D eigenvalue weighted by Crippen LogP contribution is 2.30. The topological polar surface area (TPSA) is 55.5 Å². The van der Waals surface area contributed by atoms with Crippen molar-refractivity contribution in [1.82, 2.24) is 0 Å². The molecule has 118 valence electrons. The Morgan fingerprint density at radius 1 is 1.19 bits per heavy atom. The maximum Gasteiger partial charge on any atom is 0.118 e. The molecular weight excluding hydrogens is 262 g/mol. The van der Waals surface area contributed by atoms with Gasteiger partial charge in [0, 0.05) is 12.5 Å². The highest BCUT2D eigenvalue weighted by atomic mass is 16.5. The quantitative estimate of drug-likeness (QED) is 0.809. The van der Waals surface area contributed by atoms with Crippen molar-refractivity contribution < 1.29 is 9.84 Å². The molecule has 0 spiro atoms. The average molecular weight is 291 g/mol. The molecule has 2 atom stereocenters. The smallest absolute Gasteiger partial charge is 0.118 e. The van der Waals surface area contributed by atoms with E-state index in [0.717, 1.165) is 30.1 Å². The zero-order valence-corrected chi connectivity index (χ0v) is 13.1. The molecule has 0 amide bonds. The Balaban J connectivity index is 1.88. The molecule has 2 unspecified atom stereocenters. The number of ether oxygens (including phenoxy) is 1. The first kappa shape index (κ1) is 16.3. The summed E-state index contributed by atoms with van der Waals surface area (Å²) in [4.78, 5) is 0. The monoisotopic (exact) mass is 291 g/mol. The van der Waals surface area contributed by atoms with Crippen molar-refractivity contribution in [3.8, 4) is 5.75 Å². The summed E-state index contributed by atoms with van der Waals surface area (Å²) >= 11 is 0. The third-order valence-electron chi connectivity index (χ3n) is 4.86. The SMILES string of the molecule is COc1ccc(C(CN)C(O)CCC2CCCCC2)cc1. The van der Waals surface area contributed by atoms with Crippen LogP contribution in [0, 0.1) is 5.92 Å². The van der Waals surface area contributed by atoms with Crippen LogP contribution in [0.5, 0.6) is 5.75 Å². The standard InChI is InChI=1S/C18H29NO2/c1-21-16-10-8-15(9-11-16)17(13-19)18(20)12-7-14-5-3-2-4-6-14/h8-11,14,17-18,20H,2-7,12-13,19H2,1H3. The van der Waals surface area contributed by atoms with E-state index in [-0.39, 0.29) is 12.0 Å². The van der Waals surface area contributed by atoms with Crippen molar-refractivity contribution in [3.63, 3.8) is 0 Å². The lowest BCUT2D eigenvalue weighted by atomic mass is 9.83. The van der Waals surface area contributed by atoms with E-state index < -0.39 is 0 Å². The molecular formula is C18H29NO2. The lowest BCUT2D eigenvalue weighted by Crippen LogP contribution is -2.26. The Morgan fingerprint density at radius 3 is 2.43 bits per heavy atom. The third-order valence-corrected chi connectivity index (χ3v) is 4.86. The van der Waals surface area contributed by atoms with Crippen LogP contribution >= 0.6 is 0 Å². The minimum atomic E-state index is -0.342. The molecule has 3 nitrogen and oxygen atoms in total. The molecule has 0 bridgehead atoms. The van der Waals surface area contributed by atoms with E-state index >= 15 is 0 Å². The third kappa shape index (κ3) is 4.72. The van der Waals surface area contributed by atoms with E-state index in [1.165, 1.54) is 32.1 Å². The molecule has 0 heterocycles. The lowest BCUT2D eigenvalue weighted by molar-refractivity contribution is 0.123. The van der Waals surface area contributed by atoms with Crippen molar-refractivity contribution in [2.45, 2.75) is 57.0 Å². The van der Waals surface area contributed by atoms with Gasteiger partial charge in [0.05, 0.1) is 13.2 Å². The molecule has 1 saturated carbocycles. The van der Waals surface area contributed by atoms with Gasteiger partial charge in [-0.05, 0) is 36.5 Å². The number of rotatable bonds is 7. The van der Waals surface area contributed by atoms with Crippen molar-refractivity contribution in [1.29, 1.82) is 0 Å². The van der Waals surface area contributed by atoms with Gasteiger partial charge in [-0.3, -0.25) is 0 Å². The highest BCUT2D eigenvalue weighted by molar-refractivity contribution is 5.30. The van der Waals surface area contributed by atoms with E-state index in [1.54, 1.807) is 7.11 Å². The van der Waals surface area contributed by atoms with Crippen LogP contribution < -0.4 is 10.5 Å². The van der Waals surface area contributed by atoms with Crippen molar-refractivity contribution >= 4 is 0 Å². The molecule has 21 heavy (non-hydrogen) atoms. The largest absolute Gasteiger partial charge is 0.497 e. The fraction of sp³-hybridized carbons (Fsp3) is 0.667. The molecule has 0 aliphatic heterocycles. The average Bonchev–Trinajstić information content (AvgIpc) is 2.55. The second kappa shape index (κ2) is 8.40. The second-order valence-corrected chi connectivity index (χ2v) is 6.26. The summed E-state index contributed by atoms with van der Waals surface area (Å²) in [5, 5.41) is 10.5. The zero-order chi connectivity index (χ0) is 15.1. The van der Waals surface area contributed by atoms with Gasteiger partial charge in [0.25, 0.3) is 0 Å². The zero-order valence-electron chi connectivity index (χ0n) is 13.1. The van der Waals surface area contributed by atoms with Crippen molar-refractivity contribution in [3.05, 3.63) is 29.8 Å². The van der Waals surface area contributed by atoms with Crippen LogP contribution in [-0.4, -0.2) is 24.9 Å². The molecule has 1 aromatic carbocycles. The number of aliphatic hydroxyl groups excluding tert-OH is 1. The molecule has 3 heteroatoms. The lowest BCUT2D eigenvalue weighted by Gasteiger charge is -2.26. The Bertz CT molecular complexity index is 398. The Morgan fingerprint density at radius 2 is 1.86 bits per heavy atom. The summed E-state index contributed by atoms with van der Waals surface area (Å²) in [7, 11) is 1.66. The molecule has 3 N–H and O–H groups in total. The molecule has 0 aromatic heterocycles. The van der Waals surface area contributed by atoms with Crippen molar-refractivity contribution in [2.24, 2.45) is 11.7 Å². The molecule has 0 radical (unpaired) electrons. The van der Waals surface area contributed by atoms with Crippen molar-refractivity contribution in [2.75, 3.05) is 13.7 Å². The van der Waals surface area contributed by atoms with Gasteiger partial charge >= 0.3 is 0 Å². The van der Waals surface area contributed by atoms with Gasteiger partial charge in [-0.2, -0.15) is 0 Å². The number of methoxy groups -OCH3 is 1. The van der Waals surface area contributed by atoms with E-state index in [9.17, 15) is 5.11 Å². The van der Waals surface area contributed by atoms with Gasteiger partial charge in [-0.15, -0.1) is 0 Å².